The Morgan fingerprint density at radius 1 is 1.57 bits per heavy atom. The summed E-state index contributed by atoms with van der Waals surface area (Å²) in [5, 5.41) is 0. The first-order valence-corrected chi connectivity index (χ1v) is 5.01. The summed E-state index contributed by atoms with van der Waals surface area (Å²) in [6, 6.07) is -0.865. The Kier molecular flexibility index (Phi) is 3.63. The molecule has 1 heterocycles. The van der Waals surface area contributed by atoms with Gasteiger partial charge < -0.3 is 10.6 Å². The molecule has 1 fully saturated rings. The fourth-order valence-corrected chi connectivity index (χ4v) is 1.63. The number of carbonyl (C=O) groups is 1. The second-order valence-corrected chi connectivity index (χ2v) is 4.08. The molecule has 0 saturated carbocycles. The first-order valence-electron chi connectivity index (χ1n) is 5.01. The summed E-state index contributed by atoms with van der Waals surface area (Å²) < 4.78 is 0. The van der Waals surface area contributed by atoms with Crippen LogP contribution in [0.15, 0.2) is 0 Å². The lowest BCUT2D eigenvalue weighted by atomic mass is 10.0. The van der Waals surface area contributed by atoms with Crippen molar-refractivity contribution in [3.8, 4) is 0 Å². The fourth-order valence-electron chi connectivity index (χ4n) is 1.63. The summed E-state index contributed by atoms with van der Waals surface area (Å²) in [7, 11) is 0. The molecule has 0 aromatic carbocycles. The highest BCUT2D eigenvalue weighted by Crippen LogP contribution is 2.17. The minimum absolute atomic E-state index is 0.107. The highest BCUT2D eigenvalue weighted by Gasteiger charge is 2.32. The van der Waals surface area contributed by atoms with Gasteiger partial charge in [0.15, 0.2) is 0 Å². The molecule has 2 atom stereocenters. The number of nitrogens with two attached hydrogens (primary N) is 1. The van der Waals surface area contributed by atoms with E-state index in [4.69, 9.17) is 5.73 Å². The van der Waals surface area contributed by atoms with E-state index in [1.54, 1.807) is 4.90 Å². The third-order valence-electron chi connectivity index (χ3n) is 2.68. The van der Waals surface area contributed by atoms with E-state index in [1.807, 2.05) is 20.1 Å². The summed E-state index contributed by atoms with van der Waals surface area (Å²) in [6.45, 7) is 4.44. The van der Waals surface area contributed by atoms with E-state index in [9.17, 15) is 9.59 Å². The van der Waals surface area contributed by atoms with Crippen LogP contribution in [0.1, 0.15) is 26.7 Å². The van der Waals surface area contributed by atoms with Crippen LogP contribution in [0.3, 0.4) is 0 Å². The Morgan fingerprint density at radius 3 is 2.71 bits per heavy atom. The van der Waals surface area contributed by atoms with Crippen molar-refractivity contribution in [2.24, 2.45) is 11.7 Å². The van der Waals surface area contributed by atoms with E-state index in [1.165, 1.54) is 0 Å². The molecule has 1 saturated heterocycles. The lowest BCUT2D eigenvalue weighted by Crippen LogP contribution is -2.48. The lowest BCUT2D eigenvalue weighted by molar-refractivity contribution is -0.133. The Hall–Kier alpha value is -0.900. The molecule has 2 N–H and O–H groups in total. The van der Waals surface area contributed by atoms with Crippen molar-refractivity contribution in [2.75, 3.05) is 6.54 Å². The summed E-state index contributed by atoms with van der Waals surface area (Å²) in [4.78, 5) is 23.9. The smallest absolute Gasteiger partial charge is 0.240 e. The van der Waals surface area contributed by atoms with Gasteiger partial charge in [0.1, 0.15) is 0 Å². The highest BCUT2D eigenvalue weighted by molar-refractivity contribution is 5.85. The van der Waals surface area contributed by atoms with E-state index in [2.05, 4.69) is 0 Å². The molecule has 0 aromatic rings. The van der Waals surface area contributed by atoms with Crippen molar-refractivity contribution in [1.29, 1.82) is 0 Å². The molecule has 0 spiro atoms. The lowest BCUT2D eigenvalue weighted by Gasteiger charge is -2.25. The highest BCUT2D eigenvalue weighted by atomic mass is 16.2. The first kappa shape index (κ1) is 11.2. The standard InChI is InChI=1S/C10H17N2O2/c1-7(2)9(11)10(14)12-5-3-4-8(12)6-13/h7-9H,3-5,11H2,1-2H3/t8-,9-/m0/s1. The van der Waals surface area contributed by atoms with Crippen molar-refractivity contribution in [3.05, 3.63) is 0 Å². The van der Waals surface area contributed by atoms with Crippen LogP contribution in [-0.2, 0) is 9.59 Å². The molecule has 1 amide bonds. The molecule has 0 unspecified atom stereocenters. The van der Waals surface area contributed by atoms with Crippen molar-refractivity contribution < 1.29 is 9.59 Å². The number of carbonyl (C=O) groups excluding carboxylic acids is 2. The van der Waals surface area contributed by atoms with Gasteiger partial charge in [0, 0.05) is 6.54 Å². The average Bonchev–Trinajstić information content (AvgIpc) is 2.62. The predicted octanol–water partition coefficient (Wildman–Crippen LogP) is 0.0704. The van der Waals surface area contributed by atoms with E-state index in [-0.39, 0.29) is 17.9 Å². The summed E-state index contributed by atoms with van der Waals surface area (Å²) >= 11 is 0. The third-order valence-corrected chi connectivity index (χ3v) is 2.68. The number of rotatable bonds is 3. The van der Waals surface area contributed by atoms with Crippen LogP contribution in [0.5, 0.6) is 0 Å². The zero-order valence-corrected chi connectivity index (χ0v) is 8.69. The van der Waals surface area contributed by atoms with Gasteiger partial charge in [-0.3, -0.25) is 9.59 Å². The van der Waals surface area contributed by atoms with Gasteiger partial charge in [0.2, 0.25) is 12.2 Å². The molecular weight excluding hydrogens is 180 g/mol. The van der Waals surface area contributed by atoms with Gasteiger partial charge >= 0.3 is 0 Å². The van der Waals surface area contributed by atoms with E-state index >= 15 is 0 Å². The van der Waals surface area contributed by atoms with Crippen LogP contribution in [-0.4, -0.2) is 35.7 Å². The quantitative estimate of drug-likeness (QED) is 0.696. The molecule has 4 heteroatoms. The number of amides is 1. The van der Waals surface area contributed by atoms with Gasteiger partial charge in [0.25, 0.3) is 0 Å². The monoisotopic (exact) mass is 197 g/mol. The second-order valence-electron chi connectivity index (χ2n) is 4.08. The average molecular weight is 197 g/mol. The van der Waals surface area contributed by atoms with Gasteiger partial charge in [-0.25, -0.2) is 0 Å². The summed E-state index contributed by atoms with van der Waals surface area (Å²) in [6.07, 6.45) is 3.48. The Morgan fingerprint density at radius 2 is 2.21 bits per heavy atom. The molecule has 0 aliphatic carbocycles. The maximum Gasteiger partial charge on any atom is 0.240 e. The number of hydrogen-bond donors (Lipinski definition) is 1. The van der Waals surface area contributed by atoms with Gasteiger partial charge in [-0.15, -0.1) is 0 Å². The van der Waals surface area contributed by atoms with Crippen LogP contribution in [0.2, 0.25) is 0 Å². The molecule has 0 aromatic heterocycles. The number of hydrogen-bond acceptors (Lipinski definition) is 3. The topological polar surface area (TPSA) is 63.4 Å². The fraction of sp³-hybridized carbons (Fsp3) is 0.800. The second kappa shape index (κ2) is 4.55. The molecule has 79 valence electrons. The molecule has 4 nitrogen and oxygen atoms in total. The Balaban J connectivity index is 2.64. The molecule has 0 bridgehead atoms. The minimum atomic E-state index is -0.496. The Bertz CT molecular complexity index is 228. The molecule has 1 aliphatic rings. The zero-order chi connectivity index (χ0) is 10.7. The van der Waals surface area contributed by atoms with Crippen molar-refractivity contribution >= 4 is 12.2 Å². The SMILES string of the molecule is CC(C)[C@H](N)C(=O)N1CCC[C@H]1[C]=O. The van der Waals surface area contributed by atoms with Gasteiger partial charge in [-0.2, -0.15) is 0 Å². The first-order chi connectivity index (χ1) is 6.57. The van der Waals surface area contributed by atoms with Crippen LogP contribution < -0.4 is 5.73 Å². The zero-order valence-electron chi connectivity index (χ0n) is 8.69. The normalized spacial score (nSPS) is 24.0. The minimum Gasteiger partial charge on any atom is -0.331 e. The van der Waals surface area contributed by atoms with Crippen LogP contribution in [0, 0.1) is 5.92 Å². The van der Waals surface area contributed by atoms with Crippen molar-refractivity contribution in [2.45, 2.75) is 38.8 Å². The third kappa shape index (κ3) is 2.12. The van der Waals surface area contributed by atoms with Crippen LogP contribution in [0.25, 0.3) is 0 Å². The van der Waals surface area contributed by atoms with E-state index in [0.717, 1.165) is 12.8 Å². The predicted molar refractivity (Wildman–Crippen MR) is 53.2 cm³/mol. The molecular formula is C10H17N2O2. The van der Waals surface area contributed by atoms with Crippen LogP contribution >= 0.6 is 0 Å². The number of nitrogens with zero attached hydrogens (tertiary/aromatic N) is 1. The largest absolute Gasteiger partial charge is 0.331 e. The van der Waals surface area contributed by atoms with Crippen LogP contribution in [0.4, 0.5) is 0 Å². The number of likely N-dealkylation sites (tertiary alicyclic amines) is 1. The summed E-state index contributed by atoms with van der Waals surface area (Å²) in [5.41, 5.74) is 5.74. The molecule has 1 aliphatic heterocycles. The molecule has 1 rings (SSSR count). The van der Waals surface area contributed by atoms with E-state index < -0.39 is 6.04 Å². The van der Waals surface area contributed by atoms with Gasteiger partial charge in [-0.05, 0) is 18.8 Å². The molecule has 1 radical (unpaired) electrons. The van der Waals surface area contributed by atoms with Crippen molar-refractivity contribution in [1.82, 2.24) is 4.90 Å². The maximum atomic E-state index is 11.8. The molecule has 14 heavy (non-hydrogen) atoms. The van der Waals surface area contributed by atoms with E-state index in [0.29, 0.717) is 6.54 Å². The Labute approximate surface area is 84.4 Å². The van der Waals surface area contributed by atoms with Gasteiger partial charge in [-0.1, -0.05) is 13.8 Å². The van der Waals surface area contributed by atoms with Crippen molar-refractivity contribution in [3.63, 3.8) is 0 Å². The summed E-state index contributed by atoms with van der Waals surface area (Å²) in [5.74, 6) is -0.0127. The van der Waals surface area contributed by atoms with Gasteiger partial charge in [0.05, 0.1) is 12.1 Å². The maximum absolute atomic E-state index is 11.8.